The highest BCUT2D eigenvalue weighted by atomic mass is 16.3. The minimum atomic E-state index is 0.0341. The molecule has 18 heavy (non-hydrogen) atoms. The molecule has 0 fully saturated rings. The SMILES string of the molecule is C=C[C@H](c1ccccc1)c1c(C)cc(C)cc1O. The van der Waals surface area contributed by atoms with Crippen LogP contribution in [0.4, 0.5) is 0 Å². The number of aromatic hydroxyl groups is 1. The second-order valence-corrected chi connectivity index (χ2v) is 4.64. The standard InChI is InChI=1S/C17H18O/c1-4-15(14-8-6-5-7-9-14)17-13(3)10-12(2)11-16(17)18/h4-11,15,18H,1H2,2-3H3/t15-/m1/s1. The summed E-state index contributed by atoms with van der Waals surface area (Å²) < 4.78 is 0. The van der Waals surface area contributed by atoms with E-state index in [1.165, 1.54) is 0 Å². The van der Waals surface area contributed by atoms with Crippen LogP contribution in [-0.4, -0.2) is 5.11 Å². The molecule has 0 amide bonds. The lowest BCUT2D eigenvalue weighted by atomic mass is 9.87. The van der Waals surface area contributed by atoms with Gasteiger partial charge in [0.15, 0.2) is 0 Å². The summed E-state index contributed by atoms with van der Waals surface area (Å²) in [6.45, 7) is 7.92. The van der Waals surface area contributed by atoms with E-state index in [1.54, 1.807) is 0 Å². The number of hydrogen-bond acceptors (Lipinski definition) is 1. The fourth-order valence-electron chi connectivity index (χ4n) is 2.44. The Morgan fingerprint density at radius 1 is 1.11 bits per heavy atom. The van der Waals surface area contributed by atoms with Gasteiger partial charge in [-0.3, -0.25) is 0 Å². The van der Waals surface area contributed by atoms with Crippen LogP contribution in [0.2, 0.25) is 0 Å². The van der Waals surface area contributed by atoms with Crippen LogP contribution in [0.15, 0.2) is 55.1 Å². The quantitative estimate of drug-likeness (QED) is 0.789. The summed E-state index contributed by atoms with van der Waals surface area (Å²) in [5.74, 6) is 0.382. The van der Waals surface area contributed by atoms with E-state index < -0.39 is 0 Å². The topological polar surface area (TPSA) is 20.2 Å². The lowest BCUT2D eigenvalue weighted by Gasteiger charge is -2.18. The molecule has 2 aromatic carbocycles. The van der Waals surface area contributed by atoms with Crippen molar-refractivity contribution < 1.29 is 5.11 Å². The first-order chi connectivity index (χ1) is 8.63. The maximum absolute atomic E-state index is 10.2. The van der Waals surface area contributed by atoms with Gasteiger partial charge in [-0.05, 0) is 36.6 Å². The molecule has 0 spiro atoms. The fourth-order valence-corrected chi connectivity index (χ4v) is 2.44. The average Bonchev–Trinajstić information content (AvgIpc) is 2.34. The molecule has 1 atom stereocenters. The van der Waals surface area contributed by atoms with E-state index >= 15 is 0 Å². The zero-order valence-electron chi connectivity index (χ0n) is 10.9. The summed E-state index contributed by atoms with van der Waals surface area (Å²) in [6, 6.07) is 14.0. The van der Waals surface area contributed by atoms with Gasteiger partial charge in [-0.1, -0.05) is 42.5 Å². The highest BCUT2D eigenvalue weighted by molar-refractivity contribution is 5.50. The molecule has 0 radical (unpaired) electrons. The third kappa shape index (κ3) is 2.30. The van der Waals surface area contributed by atoms with Gasteiger partial charge in [0, 0.05) is 11.5 Å². The molecule has 0 aliphatic carbocycles. The number of rotatable bonds is 3. The van der Waals surface area contributed by atoms with Crippen molar-refractivity contribution >= 4 is 0 Å². The van der Waals surface area contributed by atoms with Gasteiger partial charge in [0.1, 0.15) is 5.75 Å². The highest BCUT2D eigenvalue weighted by Crippen LogP contribution is 2.35. The van der Waals surface area contributed by atoms with E-state index in [0.29, 0.717) is 5.75 Å². The molecule has 0 saturated carbocycles. The highest BCUT2D eigenvalue weighted by Gasteiger charge is 2.16. The Hall–Kier alpha value is -2.02. The van der Waals surface area contributed by atoms with Crippen LogP contribution in [0.25, 0.3) is 0 Å². The lowest BCUT2D eigenvalue weighted by molar-refractivity contribution is 0.466. The van der Waals surface area contributed by atoms with Crippen LogP contribution in [-0.2, 0) is 0 Å². The Bertz CT molecular complexity index is 532. The van der Waals surface area contributed by atoms with Crippen LogP contribution in [0.1, 0.15) is 28.2 Å². The van der Waals surface area contributed by atoms with Gasteiger partial charge in [0.05, 0.1) is 0 Å². The van der Waals surface area contributed by atoms with Crippen LogP contribution < -0.4 is 0 Å². The monoisotopic (exact) mass is 238 g/mol. The van der Waals surface area contributed by atoms with E-state index in [2.05, 4.69) is 24.8 Å². The Morgan fingerprint density at radius 3 is 2.33 bits per heavy atom. The number of aryl methyl sites for hydroxylation is 2. The zero-order chi connectivity index (χ0) is 13.1. The van der Waals surface area contributed by atoms with Gasteiger partial charge in [0.2, 0.25) is 0 Å². The van der Waals surface area contributed by atoms with Crippen LogP contribution in [0.5, 0.6) is 5.75 Å². The molecule has 0 heterocycles. The van der Waals surface area contributed by atoms with Crippen molar-refractivity contribution in [3.63, 3.8) is 0 Å². The molecule has 0 saturated heterocycles. The summed E-state index contributed by atoms with van der Waals surface area (Å²) in [5, 5.41) is 10.2. The first kappa shape index (κ1) is 12.4. The van der Waals surface area contributed by atoms with E-state index in [4.69, 9.17) is 0 Å². The van der Waals surface area contributed by atoms with E-state index in [1.807, 2.05) is 44.2 Å². The molecule has 2 aromatic rings. The summed E-state index contributed by atoms with van der Waals surface area (Å²) >= 11 is 0. The molecule has 0 aliphatic heterocycles. The first-order valence-electron chi connectivity index (χ1n) is 6.11. The number of hydrogen-bond donors (Lipinski definition) is 1. The zero-order valence-corrected chi connectivity index (χ0v) is 10.9. The fraction of sp³-hybridized carbons (Fsp3) is 0.176. The van der Waals surface area contributed by atoms with Crippen molar-refractivity contribution in [2.75, 3.05) is 0 Å². The van der Waals surface area contributed by atoms with Crippen molar-refractivity contribution in [1.82, 2.24) is 0 Å². The number of phenolic OH excluding ortho intramolecular Hbond substituents is 1. The number of allylic oxidation sites excluding steroid dienone is 1. The summed E-state index contributed by atoms with van der Waals surface area (Å²) in [5.41, 5.74) is 4.27. The van der Waals surface area contributed by atoms with Gasteiger partial charge in [-0.15, -0.1) is 6.58 Å². The lowest BCUT2D eigenvalue weighted by Crippen LogP contribution is -2.01. The molecular weight excluding hydrogens is 220 g/mol. The van der Waals surface area contributed by atoms with Crippen LogP contribution in [0.3, 0.4) is 0 Å². The van der Waals surface area contributed by atoms with E-state index in [-0.39, 0.29) is 5.92 Å². The van der Waals surface area contributed by atoms with Crippen LogP contribution in [0, 0.1) is 13.8 Å². The molecule has 1 heteroatoms. The molecule has 0 aromatic heterocycles. The van der Waals surface area contributed by atoms with Gasteiger partial charge < -0.3 is 5.11 Å². The third-order valence-corrected chi connectivity index (χ3v) is 3.21. The second kappa shape index (κ2) is 5.09. The van der Waals surface area contributed by atoms with Crippen molar-refractivity contribution in [2.24, 2.45) is 0 Å². The Labute approximate surface area is 108 Å². The summed E-state index contributed by atoms with van der Waals surface area (Å²) in [4.78, 5) is 0. The van der Waals surface area contributed by atoms with E-state index in [9.17, 15) is 5.11 Å². The van der Waals surface area contributed by atoms with Gasteiger partial charge in [-0.25, -0.2) is 0 Å². The molecule has 1 N–H and O–H groups in total. The molecule has 92 valence electrons. The third-order valence-electron chi connectivity index (χ3n) is 3.21. The van der Waals surface area contributed by atoms with Gasteiger partial charge in [0.25, 0.3) is 0 Å². The number of phenols is 1. The largest absolute Gasteiger partial charge is 0.508 e. The van der Waals surface area contributed by atoms with Crippen molar-refractivity contribution in [2.45, 2.75) is 19.8 Å². The first-order valence-corrected chi connectivity index (χ1v) is 6.11. The van der Waals surface area contributed by atoms with Gasteiger partial charge in [-0.2, -0.15) is 0 Å². The normalized spacial score (nSPS) is 12.1. The maximum atomic E-state index is 10.2. The summed E-state index contributed by atoms with van der Waals surface area (Å²) in [6.07, 6.45) is 1.88. The van der Waals surface area contributed by atoms with E-state index in [0.717, 1.165) is 22.3 Å². The second-order valence-electron chi connectivity index (χ2n) is 4.64. The van der Waals surface area contributed by atoms with Crippen molar-refractivity contribution in [1.29, 1.82) is 0 Å². The Kier molecular flexibility index (Phi) is 3.52. The number of benzene rings is 2. The smallest absolute Gasteiger partial charge is 0.120 e. The molecule has 0 aliphatic rings. The predicted molar refractivity (Wildman–Crippen MR) is 76.1 cm³/mol. The minimum absolute atomic E-state index is 0.0341. The van der Waals surface area contributed by atoms with Gasteiger partial charge >= 0.3 is 0 Å². The molecule has 0 bridgehead atoms. The molecule has 1 nitrogen and oxygen atoms in total. The average molecular weight is 238 g/mol. The summed E-state index contributed by atoms with van der Waals surface area (Å²) in [7, 11) is 0. The predicted octanol–water partition coefficient (Wildman–Crippen LogP) is 4.33. The van der Waals surface area contributed by atoms with Crippen LogP contribution >= 0.6 is 0 Å². The Balaban J connectivity index is 2.56. The molecular formula is C17H18O. The Morgan fingerprint density at radius 2 is 1.78 bits per heavy atom. The molecule has 0 unspecified atom stereocenters. The maximum Gasteiger partial charge on any atom is 0.120 e. The molecule has 2 rings (SSSR count). The minimum Gasteiger partial charge on any atom is -0.508 e. The van der Waals surface area contributed by atoms with Crippen molar-refractivity contribution in [3.05, 3.63) is 77.4 Å². The van der Waals surface area contributed by atoms with Crippen molar-refractivity contribution in [3.8, 4) is 5.75 Å².